The van der Waals surface area contributed by atoms with Gasteiger partial charge in [-0.05, 0) is 58.5 Å². The van der Waals surface area contributed by atoms with Crippen LogP contribution in [0.5, 0.6) is 5.88 Å². The molecule has 0 aliphatic rings. The highest BCUT2D eigenvalue weighted by molar-refractivity contribution is 14.1. The molecule has 0 aliphatic carbocycles. The van der Waals surface area contributed by atoms with Gasteiger partial charge in [0.1, 0.15) is 24.2 Å². The Morgan fingerprint density at radius 3 is 2.45 bits per heavy atom. The number of anilines is 2. The third kappa shape index (κ3) is 6.29. The Balaban J connectivity index is 1.68. The summed E-state index contributed by atoms with van der Waals surface area (Å²) in [5.74, 6) is -2.08. The number of hydrogen-bond acceptors (Lipinski definition) is 5. The second kappa shape index (κ2) is 12.0. The maximum atomic E-state index is 14.5. The van der Waals surface area contributed by atoms with Crippen molar-refractivity contribution in [1.29, 1.82) is 0 Å². The van der Waals surface area contributed by atoms with Crippen LogP contribution in [-0.2, 0) is 20.7 Å². The maximum Gasteiger partial charge on any atom is 0.329 e. The number of nitrogens with zero attached hydrogens (tertiary/aromatic N) is 1. The van der Waals surface area contributed by atoms with Crippen molar-refractivity contribution in [2.45, 2.75) is 12.5 Å². The molecule has 9 nitrogen and oxygen atoms in total. The Morgan fingerprint density at radius 2 is 1.79 bits per heavy atom. The van der Waals surface area contributed by atoms with Gasteiger partial charge in [-0.1, -0.05) is 42.5 Å². The first-order valence-electron chi connectivity index (χ1n) is 11.5. The van der Waals surface area contributed by atoms with E-state index < -0.39 is 29.3 Å². The molecule has 0 bridgehead atoms. The summed E-state index contributed by atoms with van der Waals surface area (Å²) in [4.78, 5) is 40.8. The molecule has 1 atom stereocenters. The number of aromatic hydroxyl groups is 1. The van der Waals surface area contributed by atoms with Gasteiger partial charge in [0, 0.05) is 28.4 Å². The Morgan fingerprint density at radius 1 is 1.08 bits per heavy atom. The van der Waals surface area contributed by atoms with Crippen LogP contribution >= 0.6 is 22.6 Å². The maximum absolute atomic E-state index is 14.5. The van der Waals surface area contributed by atoms with Crippen LogP contribution in [0.15, 0.2) is 77.6 Å². The Labute approximate surface area is 230 Å². The number of aromatic amines is 1. The molecule has 4 rings (SSSR count). The van der Waals surface area contributed by atoms with E-state index >= 15 is 0 Å². The van der Waals surface area contributed by atoms with E-state index in [9.17, 15) is 23.9 Å². The minimum absolute atomic E-state index is 0.0390. The number of nitrogens with one attached hydrogen (secondary N) is 3. The van der Waals surface area contributed by atoms with Gasteiger partial charge in [-0.2, -0.15) is 0 Å². The lowest BCUT2D eigenvalue weighted by Crippen LogP contribution is -2.33. The Bertz CT molecular complexity index is 1500. The summed E-state index contributed by atoms with van der Waals surface area (Å²) in [5.41, 5.74) is 1.03. The SMILES string of the molecule is COCC(=O)Nc1ccc(-c2[nH]c(=O)n([C@@H](Cc3ccccc3)C(=O)Nc3ccc(I)cc3F)c2O)cc1. The van der Waals surface area contributed by atoms with Crippen LogP contribution in [0.1, 0.15) is 11.6 Å². The number of benzene rings is 3. The number of hydrogen-bond donors (Lipinski definition) is 4. The summed E-state index contributed by atoms with van der Waals surface area (Å²) in [7, 11) is 1.41. The van der Waals surface area contributed by atoms with Crippen LogP contribution in [-0.4, -0.2) is 40.2 Å². The smallest absolute Gasteiger partial charge is 0.329 e. The van der Waals surface area contributed by atoms with E-state index in [1.54, 1.807) is 54.6 Å². The summed E-state index contributed by atoms with van der Waals surface area (Å²) >= 11 is 1.96. The minimum Gasteiger partial charge on any atom is -0.493 e. The van der Waals surface area contributed by atoms with E-state index in [1.807, 2.05) is 28.7 Å². The molecular formula is C27H24FIN4O5. The second-order valence-corrected chi connectivity index (χ2v) is 9.62. The lowest BCUT2D eigenvalue weighted by molar-refractivity contribution is -0.120. The average Bonchev–Trinajstić information content (AvgIpc) is 3.19. The first kappa shape index (κ1) is 27.1. The number of rotatable bonds is 9. The fourth-order valence-corrected chi connectivity index (χ4v) is 4.38. The molecular weight excluding hydrogens is 606 g/mol. The van der Waals surface area contributed by atoms with Crippen molar-refractivity contribution in [3.05, 3.63) is 98.2 Å². The van der Waals surface area contributed by atoms with E-state index in [0.29, 0.717) is 14.8 Å². The van der Waals surface area contributed by atoms with E-state index in [-0.39, 0.29) is 30.3 Å². The second-order valence-electron chi connectivity index (χ2n) is 8.38. The van der Waals surface area contributed by atoms with Crippen molar-refractivity contribution in [3.63, 3.8) is 0 Å². The van der Waals surface area contributed by atoms with Crippen molar-refractivity contribution < 1.29 is 23.8 Å². The zero-order chi connectivity index (χ0) is 27.2. The molecule has 11 heteroatoms. The molecule has 0 fully saturated rings. The number of H-pyrrole nitrogens is 1. The van der Waals surface area contributed by atoms with Gasteiger partial charge in [-0.3, -0.25) is 9.59 Å². The predicted octanol–water partition coefficient (Wildman–Crippen LogP) is 4.30. The number of carbonyl (C=O) groups excluding carboxylic acids is 2. The summed E-state index contributed by atoms with van der Waals surface area (Å²) in [5, 5.41) is 16.3. The molecule has 1 heterocycles. The lowest BCUT2D eigenvalue weighted by atomic mass is 10.0. The van der Waals surface area contributed by atoms with Gasteiger partial charge in [0.25, 0.3) is 0 Å². The van der Waals surface area contributed by atoms with Crippen LogP contribution in [0.4, 0.5) is 15.8 Å². The molecule has 1 aromatic heterocycles. The number of carbonyl (C=O) groups is 2. The van der Waals surface area contributed by atoms with Gasteiger partial charge in [0.05, 0.1) is 5.69 Å². The average molecular weight is 630 g/mol. The Hall–Kier alpha value is -3.97. The molecule has 38 heavy (non-hydrogen) atoms. The van der Waals surface area contributed by atoms with Crippen molar-refractivity contribution >= 4 is 45.8 Å². The third-order valence-electron chi connectivity index (χ3n) is 5.71. The largest absolute Gasteiger partial charge is 0.493 e. The molecule has 4 N–H and O–H groups in total. The van der Waals surface area contributed by atoms with E-state index in [0.717, 1.165) is 10.1 Å². The third-order valence-corrected chi connectivity index (χ3v) is 6.38. The van der Waals surface area contributed by atoms with Crippen molar-refractivity contribution in [2.24, 2.45) is 0 Å². The lowest BCUT2D eigenvalue weighted by Gasteiger charge is -2.19. The fraction of sp³-hybridized carbons (Fsp3) is 0.148. The molecule has 0 aliphatic heterocycles. The first-order valence-corrected chi connectivity index (χ1v) is 12.6. The van der Waals surface area contributed by atoms with Crippen LogP contribution < -0.4 is 16.3 Å². The van der Waals surface area contributed by atoms with E-state index in [1.165, 1.54) is 19.2 Å². The summed E-state index contributed by atoms with van der Waals surface area (Å²) in [6, 6.07) is 18.6. The van der Waals surface area contributed by atoms with Gasteiger partial charge in [-0.15, -0.1) is 0 Å². The standard InChI is InChI=1S/C27H24FIN4O5/c1-38-15-23(34)30-19-10-7-17(8-11-19)24-26(36)33(27(37)32-24)22(13-16-5-3-2-4-6-16)25(35)31-21-12-9-18(29)14-20(21)28/h2-12,14,22,36H,13,15H2,1H3,(H,30,34)(H,31,35)(H,32,37)/t22-/m0/s1. The number of imidazole rings is 1. The molecule has 196 valence electrons. The molecule has 0 spiro atoms. The fourth-order valence-electron chi connectivity index (χ4n) is 3.92. The number of aromatic nitrogens is 2. The zero-order valence-corrected chi connectivity index (χ0v) is 22.4. The molecule has 0 unspecified atom stereocenters. The van der Waals surface area contributed by atoms with Gasteiger partial charge in [0.15, 0.2) is 0 Å². The number of ether oxygens (including phenoxy) is 1. The van der Waals surface area contributed by atoms with Crippen molar-refractivity contribution in [2.75, 3.05) is 24.4 Å². The minimum atomic E-state index is -1.19. The number of methoxy groups -OCH3 is 1. The Kier molecular flexibility index (Phi) is 8.59. The van der Waals surface area contributed by atoms with Crippen LogP contribution in [0.3, 0.4) is 0 Å². The van der Waals surface area contributed by atoms with Gasteiger partial charge in [0.2, 0.25) is 17.7 Å². The van der Waals surface area contributed by atoms with Gasteiger partial charge >= 0.3 is 5.69 Å². The summed E-state index contributed by atoms with van der Waals surface area (Å²) in [6.07, 6.45) is 0.0634. The number of halogens is 2. The quantitative estimate of drug-likeness (QED) is 0.206. The highest BCUT2D eigenvalue weighted by atomic mass is 127. The topological polar surface area (TPSA) is 125 Å². The highest BCUT2D eigenvalue weighted by Crippen LogP contribution is 2.31. The summed E-state index contributed by atoms with van der Waals surface area (Å²) in [6.45, 7) is -0.101. The molecule has 3 aromatic carbocycles. The van der Waals surface area contributed by atoms with Gasteiger partial charge < -0.3 is 25.5 Å². The highest BCUT2D eigenvalue weighted by Gasteiger charge is 2.28. The van der Waals surface area contributed by atoms with Crippen molar-refractivity contribution in [1.82, 2.24) is 9.55 Å². The zero-order valence-electron chi connectivity index (χ0n) is 20.2. The molecule has 0 saturated carbocycles. The molecule has 4 aromatic rings. The van der Waals surface area contributed by atoms with E-state index in [2.05, 4.69) is 15.6 Å². The first-order chi connectivity index (χ1) is 18.3. The van der Waals surface area contributed by atoms with Crippen LogP contribution in [0.25, 0.3) is 11.3 Å². The van der Waals surface area contributed by atoms with Crippen LogP contribution in [0, 0.1) is 9.39 Å². The van der Waals surface area contributed by atoms with Crippen LogP contribution in [0.2, 0.25) is 0 Å². The van der Waals surface area contributed by atoms with Gasteiger partial charge in [-0.25, -0.2) is 13.8 Å². The summed E-state index contributed by atoms with van der Waals surface area (Å²) < 4.78 is 20.9. The molecule has 2 amide bonds. The molecule has 0 saturated heterocycles. The van der Waals surface area contributed by atoms with Crippen molar-refractivity contribution in [3.8, 4) is 17.1 Å². The number of amides is 2. The van der Waals surface area contributed by atoms with E-state index in [4.69, 9.17) is 4.74 Å². The molecule has 0 radical (unpaired) electrons. The monoisotopic (exact) mass is 630 g/mol. The normalized spacial score (nSPS) is 11.7. The predicted molar refractivity (Wildman–Crippen MR) is 150 cm³/mol.